The van der Waals surface area contributed by atoms with E-state index in [2.05, 4.69) is 27.8 Å². The molecule has 1 saturated heterocycles. The van der Waals surface area contributed by atoms with E-state index in [-0.39, 0.29) is 5.82 Å². The van der Waals surface area contributed by atoms with Crippen LogP contribution in [0.3, 0.4) is 0 Å². The third kappa shape index (κ3) is 3.29. The first kappa shape index (κ1) is 17.6. The molecule has 0 spiro atoms. The first-order chi connectivity index (χ1) is 12.1. The minimum absolute atomic E-state index is 0.247. The first-order valence-electron chi connectivity index (χ1n) is 8.17. The molecular weight excluding hydrogens is 324 g/mol. The van der Waals surface area contributed by atoms with Gasteiger partial charge in [0.25, 0.3) is 0 Å². The lowest BCUT2D eigenvalue weighted by atomic mass is 10.1. The highest BCUT2D eigenvalue weighted by Crippen LogP contribution is 2.32. The number of nitrogen functional groups attached to an aromatic ring is 1. The fraction of sp³-hybridized carbons (Fsp3) is 0.562. The fourth-order valence-corrected chi connectivity index (χ4v) is 3.10. The largest absolute Gasteiger partial charge is 0.387 e. The smallest absolute Gasteiger partial charge is 0.167 e. The zero-order chi connectivity index (χ0) is 18.0. The second-order valence-corrected chi connectivity index (χ2v) is 6.07. The van der Waals surface area contributed by atoms with Gasteiger partial charge < -0.3 is 20.7 Å². The van der Waals surface area contributed by atoms with Crippen molar-refractivity contribution in [3.8, 4) is 12.3 Å². The normalized spacial score (nSPS) is 26.4. The van der Waals surface area contributed by atoms with Gasteiger partial charge in [-0.25, -0.2) is 15.0 Å². The number of aromatic nitrogens is 4. The highest BCUT2D eigenvalue weighted by Gasteiger charge is 2.44. The second-order valence-electron chi connectivity index (χ2n) is 6.07. The molecular formula is C16H22N6O3. The zero-order valence-corrected chi connectivity index (χ0v) is 14.0. The van der Waals surface area contributed by atoms with Gasteiger partial charge in [0.2, 0.25) is 0 Å². The Kier molecular flexibility index (Phi) is 5.15. The van der Waals surface area contributed by atoms with Gasteiger partial charge in [-0.3, -0.25) is 9.47 Å². The Morgan fingerprint density at radius 3 is 2.88 bits per heavy atom. The van der Waals surface area contributed by atoms with Gasteiger partial charge in [-0.15, -0.1) is 6.42 Å². The van der Waals surface area contributed by atoms with Crippen molar-refractivity contribution in [1.29, 1.82) is 0 Å². The van der Waals surface area contributed by atoms with Crippen molar-refractivity contribution in [1.82, 2.24) is 24.4 Å². The number of hydrogen-bond acceptors (Lipinski definition) is 8. The van der Waals surface area contributed by atoms with Gasteiger partial charge >= 0.3 is 0 Å². The molecule has 0 amide bonds. The molecule has 25 heavy (non-hydrogen) atoms. The monoisotopic (exact) mass is 346 g/mol. The number of fused-ring (bicyclic) bond motifs is 1. The number of ether oxygens (including phenoxy) is 1. The van der Waals surface area contributed by atoms with E-state index in [1.807, 2.05) is 4.90 Å². The van der Waals surface area contributed by atoms with Gasteiger partial charge in [-0.05, 0) is 13.0 Å². The third-order valence-corrected chi connectivity index (χ3v) is 4.29. The van der Waals surface area contributed by atoms with E-state index >= 15 is 0 Å². The molecule has 0 aliphatic carbocycles. The van der Waals surface area contributed by atoms with E-state index in [0.717, 1.165) is 13.0 Å². The SMILES string of the molecule is C#CCN(CCC)C[C@H]1O[C@@H](n2cnc3c(N)ncnc32)C(O)[C@H]1O. The van der Waals surface area contributed by atoms with Gasteiger partial charge in [0.15, 0.2) is 17.7 Å². The maximum absolute atomic E-state index is 10.4. The van der Waals surface area contributed by atoms with E-state index in [4.69, 9.17) is 16.9 Å². The number of rotatable bonds is 6. The Morgan fingerprint density at radius 2 is 2.16 bits per heavy atom. The van der Waals surface area contributed by atoms with E-state index < -0.39 is 24.5 Å². The van der Waals surface area contributed by atoms with Crippen LogP contribution in [0.1, 0.15) is 19.6 Å². The maximum atomic E-state index is 10.4. The maximum Gasteiger partial charge on any atom is 0.167 e. The molecule has 3 rings (SSSR count). The average Bonchev–Trinajstić information content (AvgIpc) is 3.13. The lowest BCUT2D eigenvalue weighted by Gasteiger charge is -2.24. The summed E-state index contributed by atoms with van der Waals surface area (Å²) in [5.41, 5.74) is 6.65. The average molecular weight is 346 g/mol. The molecule has 9 nitrogen and oxygen atoms in total. The number of terminal acetylenes is 1. The van der Waals surface area contributed by atoms with Gasteiger partial charge in [-0.2, -0.15) is 0 Å². The molecule has 9 heteroatoms. The molecule has 0 saturated carbocycles. The summed E-state index contributed by atoms with van der Waals surface area (Å²) in [7, 11) is 0. The third-order valence-electron chi connectivity index (χ3n) is 4.29. The van der Waals surface area contributed by atoms with Crippen LogP contribution < -0.4 is 5.73 Å². The Balaban J connectivity index is 1.82. The Morgan fingerprint density at radius 1 is 1.36 bits per heavy atom. The molecule has 1 unspecified atom stereocenters. The highest BCUT2D eigenvalue weighted by atomic mass is 16.6. The van der Waals surface area contributed by atoms with E-state index in [1.165, 1.54) is 12.7 Å². The molecule has 2 aromatic heterocycles. The van der Waals surface area contributed by atoms with Crippen molar-refractivity contribution in [2.45, 2.75) is 37.9 Å². The van der Waals surface area contributed by atoms with Crippen molar-refractivity contribution in [2.24, 2.45) is 0 Å². The molecule has 0 aromatic carbocycles. The second kappa shape index (κ2) is 7.33. The summed E-state index contributed by atoms with van der Waals surface area (Å²) in [5.74, 6) is 2.85. The molecule has 3 heterocycles. The van der Waals surface area contributed by atoms with Crippen molar-refractivity contribution in [3.05, 3.63) is 12.7 Å². The minimum Gasteiger partial charge on any atom is -0.387 e. The van der Waals surface area contributed by atoms with Crippen molar-refractivity contribution < 1.29 is 14.9 Å². The lowest BCUT2D eigenvalue weighted by molar-refractivity contribution is -0.0431. The summed E-state index contributed by atoms with van der Waals surface area (Å²) in [6.45, 7) is 3.72. The topological polar surface area (TPSA) is 123 Å². The molecule has 4 atom stereocenters. The Hall–Kier alpha value is -2.25. The van der Waals surface area contributed by atoms with Gasteiger partial charge in [0.1, 0.15) is 30.2 Å². The number of nitrogens with zero attached hydrogens (tertiary/aromatic N) is 5. The predicted molar refractivity (Wildman–Crippen MR) is 91.2 cm³/mol. The number of anilines is 1. The fourth-order valence-electron chi connectivity index (χ4n) is 3.10. The van der Waals surface area contributed by atoms with Gasteiger partial charge in [0, 0.05) is 6.54 Å². The summed E-state index contributed by atoms with van der Waals surface area (Å²) in [5, 5.41) is 20.8. The van der Waals surface area contributed by atoms with E-state index in [9.17, 15) is 10.2 Å². The summed E-state index contributed by atoms with van der Waals surface area (Å²) < 4.78 is 7.48. The molecule has 0 radical (unpaired) electrons. The van der Waals surface area contributed by atoms with E-state index in [1.54, 1.807) is 4.57 Å². The number of imidazole rings is 1. The standard InChI is InChI=1S/C16H22N6O3/c1-3-5-21(6-4-2)7-10-12(23)13(24)16(25-10)22-9-20-11-14(17)18-8-19-15(11)22/h1,8-10,12-13,16,23-24H,4-7H2,2H3,(H2,17,18,19)/t10-,12+,13?,16-/m1/s1. The first-order valence-corrected chi connectivity index (χ1v) is 8.17. The predicted octanol–water partition coefficient (Wildman–Crippen LogP) is -0.627. The molecule has 1 fully saturated rings. The Bertz CT molecular complexity index is 773. The lowest BCUT2D eigenvalue weighted by Crippen LogP contribution is -2.40. The van der Waals surface area contributed by atoms with Crippen LogP contribution >= 0.6 is 0 Å². The zero-order valence-electron chi connectivity index (χ0n) is 14.0. The van der Waals surface area contributed by atoms with Crippen LogP contribution in [0.2, 0.25) is 0 Å². The summed E-state index contributed by atoms with van der Waals surface area (Å²) in [4.78, 5) is 14.2. The quantitative estimate of drug-likeness (QED) is 0.591. The van der Waals surface area contributed by atoms with Gasteiger partial charge in [0.05, 0.1) is 12.9 Å². The van der Waals surface area contributed by atoms with Crippen LogP contribution in [0, 0.1) is 12.3 Å². The molecule has 2 aromatic rings. The van der Waals surface area contributed by atoms with Crippen LogP contribution in [-0.2, 0) is 4.74 Å². The molecule has 4 N–H and O–H groups in total. The number of aliphatic hydroxyl groups excluding tert-OH is 2. The highest BCUT2D eigenvalue weighted by molar-refractivity contribution is 5.81. The Labute approximate surface area is 145 Å². The summed E-state index contributed by atoms with van der Waals surface area (Å²) >= 11 is 0. The van der Waals surface area contributed by atoms with E-state index in [0.29, 0.717) is 24.3 Å². The number of aliphatic hydroxyl groups is 2. The number of nitrogens with two attached hydrogens (primary N) is 1. The van der Waals surface area contributed by atoms with Gasteiger partial charge in [-0.1, -0.05) is 12.8 Å². The van der Waals surface area contributed by atoms with Crippen molar-refractivity contribution >= 4 is 17.0 Å². The summed E-state index contributed by atoms with van der Waals surface area (Å²) in [6, 6.07) is 0. The van der Waals surface area contributed by atoms with Crippen LogP contribution in [0.5, 0.6) is 0 Å². The summed E-state index contributed by atoms with van der Waals surface area (Å²) in [6.07, 6.45) is 5.58. The van der Waals surface area contributed by atoms with Crippen LogP contribution in [0.15, 0.2) is 12.7 Å². The minimum atomic E-state index is -1.12. The molecule has 0 bridgehead atoms. The molecule has 1 aliphatic rings. The van der Waals surface area contributed by atoms with Crippen molar-refractivity contribution in [2.75, 3.05) is 25.4 Å². The van der Waals surface area contributed by atoms with Crippen molar-refractivity contribution in [3.63, 3.8) is 0 Å². The molecule has 134 valence electrons. The van der Waals surface area contributed by atoms with Crippen LogP contribution in [-0.4, -0.2) is 72.6 Å². The number of hydrogen-bond donors (Lipinski definition) is 3. The van der Waals surface area contributed by atoms with Crippen LogP contribution in [0.25, 0.3) is 11.2 Å². The molecule has 1 aliphatic heterocycles. The van der Waals surface area contributed by atoms with Crippen LogP contribution in [0.4, 0.5) is 5.82 Å².